The van der Waals surface area contributed by atoms with Gasteiger partial charge < -0.3 is 14.4 Å². The van der Waals surface area contributed by atoms with Gasteiger partial charge in [-0.25, -0.2) is 0 Å². The smallest absolute Gasteiger partial charge is 0.252 e. The Morgan fingerprint density at radius 3 is 1.05 bits per heavy atom. The minimum atomic E-state index is -0.203. The Morgan fingerprint density at radius 2 is 0.594 bits per heavy atom. The molecule has 96 heavy (non-hydrogen) atoms. The van der Waals surface area contributed by atoms with Crippen LogP contribution in [0.1, 0.15) is 44.5 Å². The fraction of sp³-hybridized carbons (Fsp3) is 0.0870. The summed E-state index contributed by atoms with van der Waals surface area (Å²) in [5.41, 5.74) is 40.9. The van der Waals surface area contributed by atoms with E-state index < -0.39 is 0 Å². The predicted octanol–water partition coefficient (Wildman–Crippen LogP) is 23.0. The highest BCUT2D eigenvalue weighted by molar-refractivity contribution is 7.00. The molecule has 0 aliphatic carbocycles. The quantitative estimate of drug-likeness (QED) is 0.126. The molecule has 2 aliphatic heterocycles. The summed E-state index contributed by atoms with van der Waals surface area (Å²) < 4.78 is 2.58. The Hall–Kier alpha value is -11.5. The fourth-order valence-electron chi connectivity index (χ4n) is 16.6. The van der Waals surface area contributed by atoms with Crippen LogP contribution in [0.5, 0.6) is 0 Å². The van der Waals surface area contributed by atoms with Gasteiger partial charge in [0, 0.05) is 50.3 Å². The Labute approximate surface area is 564 Å². The van der Waals surface area contributed by atoms with E-state index in [-0.39, 0.29) is 6.71 Å². The number of hydrogen-bond donors (Lipinski definition) is 0. The van der Waals surface area contributed by atoms with E-state index in [1.54, 1.807) is 0 Å². The molecule has 0 amide bonds. The highest BCUT2D eigenvalue weighted by Gasteiger charge is 2.45. The average molecular weight is 1230 g/mol. The van der Waals surface area contributed by atoms with Gasteiger partial charge in [0.15, 0.2) is 0 Å². The number of hydrogen-bond acceptors (Lipinski definition) is 2. The molecule has 0 saturated carbocycles. The second-order valence-corrected chi connectivity index (χ2v) is 26.8. The first-order valence-corrected chi connectivity index (χ1v) is 33.8. The lowest BCUT2D eigenvalue weighted by molar-refractivity contribution is 1.16. The Bertz CT molecular complexity index is 5380. The van der Waals surface area contributed by atoms with E-state index in [0.29, 0.717) is 0 Å². The molecule has 17 rings (SSSR count). The fourth-order valence-corrected chi connectivity index (χ4v) is 16.6. The third-order valence-electron chi connectivity index (χ3n) is 20.8. The van der Waals surface area contributed by atoms with Crippen molar-refractivity contribution in [1.29, 1.82) is 0 Å². The first-order valence-electron chi connectivity index (χ1n) is 33.8. The van der Waals surface area contributed by atoms with Crippen molar-refractivity contribution < 1.29 is 0 Å². The van der Waals surface area contributed by atoms with Crippen LogP contribution in [0, 0.1) is 55.4 Å². The molecule has 15 aromatic rings. The molecule has 14 aromatic carbocycles. The van der Waals surface area contributed by atoms with Gasteiger partial charge in [0.1, 0.15) is 0 Å². The molecule has 0 saturated heterocycles. The molecule has 4 heteroatoms. The van der Waals surface area contributed by atoms with Gasteiger partial charge in [0.2, 0.25) is 0 Å². The average Bonchev–Trinajstić information content (AvgIpc) is 0.761. The lowest BCUT2D eigenvalue weighted by atomic mass is 9.33. The van der Waals surface area contributed by atoms with Crippen molar-refractivity contribution in [3.05, 3.63) is 336 Å². The third kappa shape index (κ3) is 9.49. The van der Waals surface area contributed by atoms with Crippen molar-refractivity contribution in [2.75, 3.05) is 9.80 Å². The Kier molecular flexibility index (Phi) is 14.1. The summed E-state index contributed by atoms with van der Waals surface area (Å²) in [4.78, 5) is 5.27. The minimum absolute atomic E-state index is 0.203. The van der Waals surface area contributed by atoms with E-state index in [2.05, 4.69) is 361 Å². The minimum Gasteiger partial charge on any atom is -0.311 e. The summed E-state index contributed by atoms with van der Waals surface area (Å²) in [6, 6.07) is 110. The number of anilines is 6. The third-order valence-corrected chi connectivity index (χ3v) is 20.8. The van der Waals surface area contributed by atoms with E-state index in [0.717, 1.165) is 73.1 Å². The zero-order valence-corrected chi connectivity index (χ0v) is 55.6. The molecular weight excluding hydrogens is 1160 g/mol. The molecule has 1 aromatic heterocycles. The van der Waals surface area contributed by atoms with Crippen LogP contribution in [0.15, 0.2) is 291 Å². The molecule has 0 spiro atoms. The monoisotopic (exact) mass is 1230 g/mol. The van der Waals surface area contributed by atoms with Crippen molar-refractivity contribution >= 4 is 79.0 Å². The van der Waals surface area contributed by atoms with Crippen LogP contribution in [-0.2, 0) is 0 Å². The van der Waals surface area contributed by atoms with Gasteiger partial charge in [0.25, 0.3) is 6.71 Å². The molecule has 458 valence electrons. The van der Waals surface area contributed by atoms with Gasteiger partial charge in [-0.2, -0.15) is 0 Å². The second kappa shape index (κ2) is 23.2. The largest absolute Gasteiger partial charge is 0.311 e. The lowest BCUT2D eigenvalue weighted by Gasteiger charge is -2.45. The molecular formula is C92H72BN3. The van der Waals surface area contributed by atoms with Crippen LogP contribution in [0.25, 0.3) is 105 Å². The first-order chi connectivity index (χ1) is 46.9. The van der Waals surface area contributed by atoms with Crippen molar-refractivity contribution in [2.45, 2.75) is 55.4 Å². The number of benzene rings is 14. The van der Waals surface area contributed by atoms with Gasteiger partial charge >= 0.3 is 0 Å². The summed E-state index contributed by atoms with van der Waals surface area (Å²) in [6.07, 6.45) is 0. The van der Waals surface area contributed by atoms with Gasteiger partial charge in [-0.3, -0.25) is 0 Å². The Balaban J connectivity index is 1.03. The van der Waals surface area contributed by atoms with E-state index in [1.807, 2.05) is 0 Å². The summed E-state index contributed by atoms with van der Waals surface area (Å²) >= 11 is 0. The summed E-state index contributed by atoms with van der Waals surface area (Å²) in [5.74, 6) is 0. The van der Waals surface area contributed by atoms with Crippen LogP contribution in [-0.4, -0.2) is 11.3 Å². The normalized spacial score (nSPS) is 12.3. The number of rotatable bonds is 10. The second-order valence-electron chi connectivity index (χ2n) is 26.8. The van der Waals surface area contributed by atoms with Crippen LogP contribution < -0.4 is 26.2 Å². The van der Waals surface area contributed by atoms with Gasteiger partial charge in [-0.05, 0) is 244 Å². The molecule has 0 radical (unpaired) electrons. The van der Waals surface area contributed by atoms with Crippen molar-refractivity contribution in [1.82, 2.24) is 4.57 Å². The topological polar surface area (TPSA) is 11.4 Å². The standard InChI is InChI=1S/C92H72BN3/c1-57-23-18-24-58(2)87(57)68-39-45-73(46-40-68)94-83-50-44-72(90-63(7)29-21-30-64(90)8)54-80(83)93-79-53-69(65-31-12-9-13-32-65)41-49-84(79)96(92-75(66-33-14-10-15-34-66)37-22-38-76(92)67-35-16-11-17-36-67)86-56-74(55-85(94)91(86)93)95-81-47-42-70(88-59(3)25-19-26-60(88)4)51-77(81)78-52-71(43-48-82(78)95)89-61(5)27-20-28-62(89)6/h9-56H,1-8H3. The van der Waals surface area contributed by atoms with E-state index in [1.165, 1.54) is 127 Å². The van der Waals surface area contributed by atoms with Crippen molar-refractivity contribution in [3.63, 3.8) is 0 Å². The number of para-hydroxylation sites is 1. The highest BCUT2D eigenvalue weighted by atomic mass is 15.2. The van der Waals surface area contributed by atoms with E-state index >= 15 is 0 Å². The predicted molar refractivity (Wildman–Crippen MR) is 411 cm³/mol. The van der Waals surface area contributed by atoms with Crippen molar-refractivity contribution in [2.24, 2.45) is 0 Å². The zero-order valence-electron chi connectivity index (χ0n) is 55.6. The van der Waals surface area contributed by atoms with Crippen LogP contribution in [0.2, 0.25) is 0 Å². The molecule has 0 unspecified atom stereocenters. The molecule has 2 aliphatic rings. The van der Waals surface area contributed by atoms with E-state index in [9.17, 15) is 0 Å². The zero-order chi connectivity index (χ0) is 65.0. The highest BCUT2D eigenvalue weighted by Crippen LogP contribution is 2.52. The van der Waals surface area contributed by atoms with Crippen LogP contribution in [0.4, 0.5) is 34.1 Å². The SMILES string of the molecule is Cc1cccc(C)c1-c1ccc(N2c3ccc(-c4c(C)cccc4C)cc3B3c4cc(-c5ccccc5)ccc4N(c4c(-c5ccccc5)cccc4-c4ccccc4)c4cc(-n5c6ccc(-c7c(C)cccc7C)cc6c6cc(-c7c(C)cccc7C)ccc65)cc2c43)cc1. The molecule has 0 bridgehead atoms. The van der Waals surface area contributed by atoms with E-state index in [4.69, 9.17) is 0 Å². The maximum absolute atomic E-state index is 2.67. The summed E-state index contributed by atoms with van der Waals surface area (Å²) in [5, 5.41) is 2.42. The molecule has 3 nitrogen and oxygen atoms in total. The molecule has 0 fully saturated rings. The number of aromatic nitrogens is 1. The maximum atomic E-state index is 2.67. The maximum Gasteiger partial charge on any atom is 0.252 e. The molecule has 0 N–H and O–H groups in total. The Morgan fingerprint density at radius 1 is 0.240 bits per heavy atom. The lowest BCUT2D eigenvalue weighted by Crippen LogP contribution is -2.61. The number of aryl methyl sites for hydroxylation is 8. The van der Waals surface area contributed by atoms with Gasteiger partial charge in [-0.1, -0.05) is 231 Å². The number of nitrogens with zero attached hydrogens (tertiary/aromatic N) is 3. The summed E-state index contributed by atoms with van der Waals surface area (Å²) in [6.45, 7) is 17.8. The first kappa shape index (κ1) is 58.4. The summed E-state index contributed by atoms with van der Waals surface area (Å²) in [7, 11) is 0. The van der Waals surface area contributed by atoms with Crippen LogP contribution in [0.3, 0.4) is 0 Å². The van der Waals surface area contributed by atoms with Gasteiger partial charge in [-0.15, -0.1) is 0 Å². The van der Waals surface area contributed by atoms with Crippen molar-refractivity contribution in [3.8, 4) is 83.6 Å². The van der Waals surface area contributed by atoms with Crippen LogP contribution >= 0.6 is 0 Å². The molecule has 0 atom stereocenters. The van der Waals surface area contributed by atoms with Gasteiger partial charge in [0.05, 0.1) is 22.4 Å². The molecule has 3 heterocycles. The number of fused-ring (bicyclic) bond motifs is 7.